The molecule has 0 atom stereocenters. The average Bonchev–Trinajstić information content (AvgIpc) is 2.97. The smallest absolute Gasteiger partial charge is 0.260 e. The summed E-state index contributed by atoms with van der Waals surface area (Å²) in [7, 11) is 0. The summed E-state index contributed by atoms with van der Waals surface area (Å²) in [4.78, 5) is 12.3. The SMILES string of the molecule is O=C(Nc1ccnn1Cc1ccc(Cl)cc1)c1ccccc1O. The van der Waals surface area contributed by atoms with Crippen LogP contribution in [0.5, 0.6) is 5.75 Å². The van der Waals surface area contributed by atoms with E-state index in [1.54, 1.807) is 47.3 Å². The van der Waals surface area contributed by atoms with E-state index in [0.717, 1.165) is 5.56 Å². The van der Waals surface area contributed by atoms with Gasteiger partial charge in [0, 0.05) is 11.1 Å². The summed E-state index contributed by atoms with van der Waals surface area (Å²) in [5, 5.41) is 17.4. The fourth-order valence-electron chi connectivity index (χ4n) is 2.18. The normalized spacial score (nSPS) is 10.5. The maximum atomic E-state index is 12.3. The number of phenols is 1. The zero-order valence-corrected chi connectivity index (χ0v) is 12.9. The van der Waals surface area contributed by atoms with Crippen LogP contribution in [-0.4, -0.2) is 20.8 Å². The van der Waals surface area contributed by atoms with Crippen molar-refractivity contribution in [3.63, 3.8) is 0 Å². The summed E-state index contributed by atoms with van der Waals surface area (Å²) < 4.78 is 1.67. The van der Waals surface area contributed by atoms with Crippen molar-refractivity contribution in [2.45, 2.75) is 6.54 Å². The minimum atomic E-state index is -0.388. The summed E-state index contributed by atoms with van der Waals surface area (Å²) in [6.45, 7) is 0.501. The lowest BCUT2D eigenvalue weighted by Crippen LogP contribution is -2.16. The third kappa shape index (κ3) is 3.52. The van der Waals surface area contributed by atoms with E-state index in [2.05, 4.69) is 10.4 Å². The molecule has 0 aliphatic rings. The van der Waals surface area contributed by atoms with Gasteiger partial charge in [-0.1, -0.05) is 35.9 Å². The van der Waals surface area contributed by atoms with E-state index in [0.29, 0.717) is 17.4 Å². The molecular weight excluding hydrogens is 314 g/mol. The molecule has 0 saturated carbocycles. The topological polar surface area (TPSA) is 67.2 Å². The summed E-state index contributed by atoms with van der Waals surface area (Å²) in [6.07, 6.45) is 1.61. The zero-order chi connectivity index (χ0) is 16.2. The number of rotatable bonds is 4. The molecule has 116 valence electrons. The van der Waals surface area contributed by atoms with E-state index in [1.165, 1.54) is 6.07 Å². The molecule has 5 nitrogen and oxygen atoms in total. The molecule has 1 amide bonds. The molecule has 0 unspecified atom stereocenters. The lowest BCUT2D eigenvalue weighted by molar-refractivity contribution is 0.102. The molecule has 3 aromatic rings. The number of hydrogen-bond donors (Lipinski definition) is 2. The molecule has 0 aliphatic carbocycles. The van der Waals surface area contributed by atoms with Gasteiger partial charge in [0.1, 0.15) is 11.6 Å². The van der Waals surface area contributed by atoms with Gasteiger partial charge < -0.3 is 10.4 Å². The summed E-state index contributed by atoms with van der Waals surface area (Å²) in [5.41, 5.74) is 1.22. The first-order valence-corrected chi connectivity index (χ1v) is 7.37. The molecule has 3 rings (SSSR count). The Balaban J connectivity index is 1.77. The van der Waals surface area contributed by atoms with Crippen LogP contribution in [0.1, 0.15) is 15.9 Å². The molecular formula is C17H14ClN3O2. The van der Waals surface area contributed by atoms with Crippen molar-refractivity contribution in [2.24, 2.45) is 0 Å². The van der Waals surface area contributed by atoms with Crippen LogP contribution in [-0.2, 0) is 6.54 Å². The fourth-order valence-corrected chi connectivity index (χ4v) is 2.30. The summed E-state index contributed by atoms with van der Waals surface area (Å²) >= 11 is 5.87. The van der Waals surface area contributed by atoms with Crippen LogP contribution >= 0.6 is 11.6 Å². The van der Waals surface area contributed by atoms with Crippen LogP contribution in [0.2, 0.25) is 5.02 Å². The largest absolute Gasteiger partial charge is 0.507 e. The molecule has 0 spiro atoms. The number of carbonyl (C=O) groups is 1. The average molecular weight is 328 g/mol. The number of amides is 1. The third-order valence-corrected chi connectivity index (χ3v) is 3.60. The molecule has 0 bridgehead atoms. The molecule has 6 heteroatoms. The van der Waals surface area contributed by atoms with E-state index in [4.69, 9.17) is 11.6 Å². The highest BCUT2D eigenvalue weighted by Gasteiger charge is 2.13. The van der Waals surface area contributed by atoms with E-state index in [9.17, 15) is 9.90 Å². The Labute approximate surface area is 138 Å². The first-order valence-electron chi connectivity index (χ1n) is 6.99. The standard InChI is InChI=1S/C17H14ClN3O2/c18-13-7-5-12(6-8-13)11-21-16(9-10-19-21)20-17(23)14-3-1-2-4-15(14)22/h1-10,22H,11H2,(H,20,23). The number of nitrogens with one attached hydrogen (secondary N) is 1. The number of phenolic OH excluding ortho intramolecular Hbond substituents is 1. The number of aromatic hydroxyl groups is 1. The highest BCUT2D eigenvalue weighted by molar-refractivity contribution is 6.30. The Morgan fingerprint density at radius 1 is 1.13 bits per heavy atom. The molecule has 2 aromatic carbocycles. The lowest BCUT2D eigenvalue weighted by atomic mass is 10.2. The maximum absolute atomic E-state index is 12.3. The Bertz CT molecular complexity index is 828. The van der Waals surface area contributed by atoms with Crippen molar-refractivity contribution in [3.8, 4) is 5.75 Å². The predicted molar refractivity (Wildman–Crippen MR) is 88.8 cm³/mol. The van der Waals surface area contributed by atoms with Crippen molar-refractivity contribution in [2.75, 3.05) is 5.32 Å². The second-order valence-electron chi connectivity index (χ2n) is 4.97. The molecule has 23 heavy (non-hydrogen) atoms. The molecule has 0 aliphatic heterocycles. The Morgan fingerprint density at radius 3 is 2.61 bits per heavy atom. The van der Waals surface area contributed by atoms with E-state index in [1.807, 2.05) is 12.1 Å². The Morgan fingerprint density at radius 2 is 1.87 bits per heavy atom. The minimum absolute atomic E-state index is 0.0613. The number of hydrogen-bond acceptors (Lipinski definition) is 3. The van der Waals surface area contributed by atoms with Crippen molar-refractivity contribution in [1.82, 2.24) is 9.78 Å². The van der Waals surface area contributed by atoms with Crippen LogP contribution in [0.4, 0.5) is 5.82 Å². The maximum Gasteiger partial charge on any atom is 0.260 e. The van der Waals surface area contributed by atoms with E-state index in [-0.39, 0.29) is 17.2 Å². The van der Waals surface area contributed by atoms with Crippen LogP contribution in [0.15, 0.2) is 60.8 Å². The quantitative estimate of drug-likeness (QED) is 0.770. The van der Waals surface area contributed by atoms with Crippen LogP contribution in [0.25, 0.3) is 0 Å². The second kappa shape index (κ2) is 6.54. The number of para-hydroxylation sites is 1. The lowest BCUT2D eigenvalue weighted by Gasteiger charge is -2.10. The van der Waals surface area contributed by atoms with Crippen molar-refractivity contribution >= 4 is 23.3 Å². The number of carbonyl (C=O) groups excluding carboxylic acids is 1. The molecule has 1 aromatic heterocycles. The van der Waals surface area contributed by atoms with Crippen molar-refractivity contribution < 1.29 is 9.90 Å². The predicted octanol–water partition coefficient (Wildman–Crippen LogP) is 3.54. The van der Waals surface area contributed by atoms with Gasteiger partial charge in [-0.05, 0) is 29.8 Å². The number of nitrogens with zero attached hydrogens (tertiary/aromatic N) is 2. The van der Waals surface area contributed by atoms with Gasteiger partial charge in [0.2, 0.25) is 0 Å². The van der Waals surface area contributed by atoms with Gasteiger partial charge in [0.25, 0.3) is 5.91 Å². The molecule has 0 fully saturated rings. The van der Waals surface area contributed by atoms with Crippen molar-refractivity contribution in [1.29, 1.82) is 0 Å². The van der Waals surface area contributed by atoms with Gasteiger partial charge in [0.05, 0.1) is 18.3 Å². The third-order valence-electron chi connectivity index (χ3n) is 3.35. The van der Waals surface area contributed by atoms with Crippen LogP contribution in [0, 0.1) is 0 Å². The number of aromatic nitrogens is 2. The highest BCUT2D eigenvalue weighted by atomic mass is 35.5. The van der Waals surface area contributed by atoms with Gasteiger partial charge in [-0.3, -0.25) is 4.79 Å². The van der Waals surface area contributed by atoms with Crippen LogP contribution < -0.4 is 5.32 Å². The van der Waals surface area contributed by atoms with Gasteiger partial charge in [-0.25, -0.2) is 4.68 Å². The first-order chi connectivity index (χ1) is 11.1. The van der Waals surface area contributed by atoms with Gasteiger partial charge in [0.15, 0.2) is 0 Å². The number of anilines is 1. The van der Waals surface area contributed by atoms with Crippen LogP contribution in [0.3, 0.4) is 0 Å². The molecule has 0 saturated heterocycles. The van der Waals surface area contributed by atoms with Crippen molar-refractivity contribution in [3.05, 3.63) is 76.9 Å². The molecule has 2 N–H and O–H groups in total. The highest BCUT2D eigenvalue weighted by Crippen LogP contribution is 2.18. The van der Waals surface area contributed by atoms with Gasteiger partial charge >= 0.3 is 0 Å². The Hall–Kier alpha value is -2.79. The zero-order valence-electron chi connectivity index (χ0n) is 12.1. The van der Waals surface area contributed by atoms with E-state index < -0.39 is 0 Å². The Kier molecular flexibility index (Phi) is 4.30. The first kappa shape index (κ1) is 15.1. The van der Waals surface area contributed by atoms with Gasteiger partial charge in [-0.15, -0.1) is 0 Å². The molecule has 0 radical (unpaired) electrons. The summed E-state index contributed by atoms with van der Waals surface area (Å²) in [5.74, 6) is 0.0999. The minimum Gasteiger partial charge on any atom is -0.507 e. The van der Waals surface area contributed by atoms with E-state index >= 15 is 0 Å². The second-order valence-corrected chi connectivity index (χ2v) is 5.41. The molecule has 1 heterocycles. The van der Waals surface area contributed by atoms with Gasteiger partial charge in [-0.2, -0.15) is 5.10 Å². The monoisotopic (exact) mass is 327 g/mol. The fraction of sp³-hybridized carbons (Fsp3) is 0.0588. The summed E-state index contributed by atoms with van der Waals surface area (Å²) in [6, 6.07) is 15.5. The number of benzene rings is 2. The number of halogens is 1.